The molecule has 0 aliphatic rings. The predicted molar refractivity (Wildman–Crippen MR) is 111 cm³/mol. The molecule has 1 aromatic heterocycles. The van der Waals surface area contributed by atoms with Crippen LogP contribution in [0, 0.1) is 3.57 Å². The van der Waals surface area contributed by atoms with E-state index in [-0.39, 0.29) is 24.7 Å². The van der Waals surface area contributed by atoms with E-state index in [0.29, 0.717) is 5.69 Å². The second-order valence-corrected chi connectivity index (χ2v) is 6.88. The van der Waals surface area contributed by atoms with Crippen molar-refractivity contribution in [3.63, 3.8) is 0 Å². The van der Waals surface area contributed by atoms with E-state index in [0.717, 1.165) is 20.0 Å². The molecule has 6 nitrogen and oxygen atoms in total. The van der Waals surface area contributed by atoms with Crippen molar-refractivity contribution in [2.45, 2.75) is 12.8 Å². The number of para-hydroxylation sites is 1. The van der Waals surface area contributed by atoms with Gasteiger partial charge < -0.3 is 10.3 Å². The number of benzene rings is 2. The highest BCUT2D eigenvalue weighted by molar-refractivity contribution is 14.1. The van der Waals surface area contributed by atoms with Crippen LogP contribution in [0.3, 0.4) is 0 Å². The Morgan fingerprint density at radius 1 is 1.04 bits per heavy atom. The summed E-state index contributed by atoms with van der Waals surface area (Å²) in [5.41, 5.74) is 5.06. The number of hydrazone groups is 1. The second kappa shape index (κ2) is 8.61. The van der Waals surface area contributed by atoms with Gasteiger partial charge in [0.1, 0.15) is 0 Å². The molecule has 0 bridgehead atoms. The zero-order valence-electron chi connectivity index (χ0n) is 13.8. The highest BCUT2D eigenvalue weighted by Crippen LogP contribution is 2.15. The van der Waals surface area contributed by atoms with E-state index in [1.54, 1.807) is 6.21 Å². The summed E-state index contributed by atoms with van der Waals surface area (Å²) in [5.74, 6) is -0.513. The molecule has 0 saturated heterocycles. The smallest absolute Gasteiger partial charge is 0.240 e. The molecule has 1 heterocycles. The van der Waals surface area contributed by atoms with Gasteiger partial charge in [-0.05, 0) is 52.9 Å². The molecule has 26 heavy (non-hydrogen) atoms. The van der Waals surface area contributed by atoms with Crippen molar-refractivity contribution >= 4 is 57.2 Å². The van der Waals surface area contributed by atoms with Crippen molar-refractivity contribution in [1.29, 1.82) is 0 Å². The van der Waals surface area contributed by atoms with E-state index in [4.69, 9.17) is 0 Å². The highest BCUT2D eigenvalue weighted by atomic mass is 127. The summed E-state index contributed by atoms with van der Waals surface area (Å²) in [6.45, 7) is 0. The first-order valence-corrected chi connectivity index (χ1v) is 9.13. The Hall–Kier alpha value is -2.68. The third-order valence-electron chi connectivity index (χ3n) is 3.72. The number of H-pyrrole nitrogens is 1. The lowest BCUT2D eigenvalue weighted by molar-refractivity contribution is -0.124. The molecule has 7 heteroatoms. The van der Waals surface area contributed by atoms with Crippen LogP contribution in [0.4, 0.5) is 5.69 Å². The molecule has 3 aromatic rings. The van der Waals surface area contributed by atoms with Crippen molar-refractivity contribution in [3.8, 4) is 0 Å². The molecule has 0 aliphatic carbocycles. The van der Waals surface area contributed by atoms with Gasteiger partial charge >= 0.3 is 0 Å². The Morgan fingerprint density at radius 3 is 2.58 bits per heavy atom. The van der Waals surface area contributed by atoms with Crippen molar-refractivity contribution in [3.05, 3.63) is 63.9 Å². The normalized spacial score (nSPS) is 11.0. The van der Waals surface area contributed by atoms with Crippen LogP contribution in [0.1, 0.15) is 18.4 Å². The van der Waals surface area contributed by atoms with Crippen LogP contribution in [0.2, 0.25) is 0 Å². The van der Waals surface area contributed by atoms with Crippen LogP contribution in [-0.2, 0) is 9.59 Å². The van der Waals surface area contributed by atoms with E-state index in [9.17, 15) is 9.59 Å². The molecule has 2 amide bonds. The lowest BCUT2D eigenvalue weighted by atomic mass is 10.2. The first kappa shape index (κ1) is 18.1. The van der Waals surface area contributed by atoms with Gasteiger partial charge in [-0.25, -0.2) is 5.43 Å². The summed E-state index contributed by atoms with van der Waals surface area (Å²) in [7, 11) is 0. The van der Waals surface area contributed by atoms with Crippen LogP contribution in [0.15, 0.2) is 59.8 Å². The quantitative estimate of drug-likeness (QED) is 0.298. The largest absolute Gasteiger partial charge is 0.361 e. The molecule has 0 aliphatic heterocycles. The van der Waals surface area contributed by atoms with Gasteiger partial charge in [-0.15, -0.1) is 0 Å². The average Bonchev–Trinajstić information content (AvgIpc) is 3.05. The molecular weight excluding hydrogens is 443 g/mol. The Balaban J connectivity index is 1.45. The molecule has 2 aromatic carbocycles. The lowest BCUT2D eigenvalue weighted by Crippen LogP contribution is -2.20. The first-order chi connectivity index (χ1) is 12.6. The standard InChI is InChI=1S/C19H17IN4O2/c20-14-5-7-15(8-6-14)23-18(25)9-10-19(26)24-22-12-13-11-21-17-4-2-1-3-16(13)17/h1-8,11-12,21H,9-10H2,(H,23,25)(H,24,26)/b22-12-. The van der Waals surface area contributed by atoms with Crippen LogP contribution in [0.5, 0.6) is 0 Å². The zero-order chi connectivity index (χ0) is 18.4. The zero-order valence-corrected chi connectivity index (χ0v) is 16.0. The topological polar surface area (TPSA) is 86.3 Å². The fourth-order valence-electron chi connectivity index (χ4n) is 2.41. The minimum atomic E-state index is -0.307. The monoisotopic (exact) mass is 460 g/mol. The van der Waals surface area contributed by atoms with Gasteiger partial charge in [-0.2, -0.15) is 5.10 Å². The molecule has 3 N–H and O–H groups in total. The minimum Gasteiger partial charge on any atom is -0.361 e. The van der Waals surface area contributed by atoms with Crippen LogP contribution < -0.4 is 10.7 Å². The fourth-order valence-corrected chi connectivity index (χ4v) is 2.77. The Bertz CT molecular complexity index is 948. The molecule has 0 spiro atoms. The maximum absolute atomic E-state index is 11.9. The molecule has 0 unspecified atom stereocenters. The Morgan fingerprint density at radius 2 is 1.77 bits per heavy atom. The van der Waals surface area contributed by atoms with Gasteiger partial charge in [0.15, 0.2) is 0 Å². The second-order valence-electron chi connectivity index (χ2n) is 5.64. The summed E-state index contributed by atoms with van der Waals surface area (Å²) in [6, 6.07) is 15.3. The third kappa shape index (κ3) is 4.92. The van der Waals surface area contributed by atoms with Crippen LogP contribution in [-0.4, -0.2) is 23.0 Å². The number of carbonyl (C=O) groups is 2. The SMILES string of the molecule is O=C(CCC(=O)Nc1ccc(I)cc1)N/N=C\c1c[nH]c2ccccc12. The molecule has 3 rings (SSSR count). The number of carbonyl (C=O) groups excluding carboxylic acids is 2. The summed E-state index contributed by atoms with van der Waals surface area (Å²) < 4.78 is 1.09. The van der Waals surface area contributed by atoms with Crippen molar-refractivity contribution in [2.75, 3.05) is 5.32 Å². The average molecular weight is 460 g/mol. The van der Waals surface area contributed by atoms with E-state index < -0.39 is 0 Å². The molecule has 0 atom stereocenters. The predicted octanol–water partition coefficient (Wildman–Crippen LogP) is 3.64. The summed E-state index contributed by atoms with van der Waals surface area (Å²) in [5, 5.41) is 7.75. The van der Waals surface area contributed by atoms with Gasteiger partial charge in [0, 0.05) is 44.8 Å². The van der Waals surface area contributed by atoms with E-state index >= 15 is 0 Å². The number of aromatic nitrogens is 1. The number of fused-ring (bicyclic) bond motifs is 1. The maximum atomic E-state index is 11.9. The highest BCUT2D eigenvalue weighted by Gasteiger charge is 2.07. The van der Waals surface area contributed by atoms with Crippen molar-refractivity contribution < 1.29 is 9.59 Å². The van der Waals surface area contributed by atoms with Crippen LogP contribution in [0.25, 0.3) is 10.9 Å². The first-order valence-electron chi connectivity index (χ1n) is 8.05. The van der Waals surface area contributed by atoms with E-state index in [2.05, 4.69) is 43.4 Å². The number of nitrogens with one attached hydrogen (secondary N) is 3. The van der Waals surface area contributed by atoms with Crippen molar-refractivity contribution in [2.24, 2.45) is 5.10 Å². The number of rotatable bonds is 6. The molecule has 132 valence electrons. The third-order valence-corrected chi connectivity index (χ3v) is 4.44. The van der Waals surface area contributed by atoms with Gasteiger partial charge in [0.05, 0.1) is 6.21 Å². The number of aromatic amines is 1. The van der Waals surface area contributed by atoms with E-state index in [1.165, 1.54) is 0 Å². The maximum Gasteiger partial charge on any atom is 0.240 e. The minimum absolute atomic E-state index is 0.0709. The number of nitrogens with zero attached hydrogens (tertiary/aromatic N) is 1. The van der Waals surface area contributed by atoms with Gasteiger partial charge in [0.25, 0.3) is 0 Å². The molecule has 0 fully saturated rings. The number of halogens is 1. The van der Waals surface area contributed by atoms with Crippen molar-refractivity contribution in [1.82, 2.24) is 10.4 Å². The van der Waals surface area contributed by atoms with Gasteiger partial charge in [-0.3, -0.25) is 9.59 Å². The number of hydrogen-bond acceptors (Lipinski definition) is 3. The summed E-state index contributed by atoms with van der Waals surface area (Å²) in [6.07, 6.45) is 3.58. The fraction of sp³-hybridized carbons (Fsp3) is 0.105. The number of amides is 2. The molecule has 0 saturated carbocycles. The Kier molecular flexibility index (Phi) is 6.00. The van der Waals surface area contributed by atoms with Gasteiger partial charge in [-0.1, -0.05) is 18.2 Å². The summed E-state index contributed by atoms with van der Waals surface area (Å²) >= 11 is 2.20. The van der Waals surface area contributed by atoms with Gasteiger partial charge in [0.2, 0.25) is 11.8 Å². The Labute approximate surface area is 164 Å². The molecular formula is C19H17IN4O2. The molecule has 0 radical (unpaired) electrons. The van der Waals surface area contributed by atoms with E-state index in [1.807, 2.05) is 54.7 Å². The van der Waals surface area contributed by atoms with Crippen LogP contribution >= 0.6 is 22.6 Å². The number of hydrogen-bond donors (Lipinski definition) is 3. The number of anilines is 1. The lowest BCUT2D eigenvalue weighted by Gasteiger charge is -2.04. The summed E-state index contributed by atoms with van der Waals surface area (Å²) in [4.78, 5) is 26.8.